The average molecular weight is 511 g/mol. The molecule has 0 spiro atoms. The number of unbranched alkanes of at least 4 members (excludes halogenated alkanes) is 1. The number of amides is 2. The number of benzene rings is 2. The van der Waals surface area contributed by atoms with E-state index >= 15 is 0 Å². The molecule has 2 heterocycles. The maximum absolute atomic E-state index is 13.5. The Hall–Kier alpha value is -3.89. The number of nitrogens with zero attached hydrogens (tertiary/aromatic N) is 4. The fraction of sp³-hybridized carbons (Fsp3) is 0.267. The minimum Gasteiger partial charge on any atom is -0.274 e. The minimum absolute atomic E-state index is 0.0104. The number of thioether (sulfide) groups is 1. The van der Waals surface area contributed by atoms with Gasteiger partial charge in [0.2, 0.25) is 0 Å². The summed E-state index contributed by atoms with van der Waals surface area (Å²) < 4.78 is 1.79. The van der Waals surface area contributed by atoms with Gasteiger partial charge in [0.25, 0.3) is 11.8 Å². The van der Waals surface area contributed by atoms with Gasteiger partial charge < -0.3 is 0 Å². The summed E-state index contributed by atoms with van der Waals surface area (Å²) in [5.74, 6) is 0.164. The highest BCUT2D eigenvalue weighted by Gasteiger charge is 2.35. The van der Waals surface area contributed by atoms with Crippen molar-refractivity contribution in [1.82, 2.24) is 14.7 Å². The monoisotopic (exact) mass is 510 g/mol. The van der Waals surface area contributed by atoms with E-state index in [9.17, 15) is 14.9 Å². The summed E-state index contributed by atoms with van der Waals surface area (Å²) >= 11 is 1.81. The van der Waals surface area contributed by atoms with Crippen molar-refractivity contribution in [3.05, 3.63) is 83.1 Å². The molecule has 7 heteroatoms. The summed E-state index contributed by atoms with van der Waals surface area (Å²) in [7, 11) is 0. The molecule has 4 rings (SSSR count). The molecule has 1 aromatic heterocycles. The molecule has 0 aliphatic carbocycles. The Morgan fingerprint density at radius 3 is 2.38 bits per heavy atom. The Balaban J connectivity index is 1.84. The van der Waals surface area contributed by atoms with Gasteiger partial charge in [-0.15, -0.1) is 11.8 Å². The number of hydrogen-bond acceptors (Lipinski definition) is 5. The molecule has 0 saturated carbocycles. The maximum Gasteiger partial charge on any atom is 0.271 e. The Morgan fingerprint density at radius 1 is 1.00 bits per heavy atom. The van der Waals surface area contributed by atoms with Gasteiger partial charge in [0.15, 0.2) is 0 Å². The zero-order chi connectivity index (χ0) is 26.4. The summed E-state index contributed by atoms with van der Waals surface area (Å²) in [6.45, 7) is 6.11. The summed E-state index contributed by atoms with van der Waals surface area (Å²) in [4.78, 5) is 28.7. The number of imide groups is 1. The van der Waals surface area contributed by atoms with Crippen LogP contribution in [0.5, 0.6) is 0 Å². The van der Waals surface area contributed by atoms with Gasteiger partial charge in [0, 0.05) is 34.3 Å². The number of rotatable bonds is 9. The first kappa shape index (κ1) is 26.2. The summed E-state index contributed by atoms with van der Waals surface area (Å²) in [5, 5.41) is 14.6. The van der Waals surface area contributed by atoms with E-state index in [0.29, 0.717) is 17.6 Å². The zero-order valence-electron chi connectivity index (χ0n) is 21.4. The first-order valence-electron chi connectivity index (χ1n) is 12.6. The quantitative estimate of drug-likeness (QED) is 0.188. The number of para-hydroxylation sites is 1. The SMILES string of the molecule is CCCCN1C(=O)C(C#N)=C(C)/C(=C/c2cn(-c3ccccc3)nc2-c2ccc(SCCC)cc2)C1=O. The fourth-order valence-electron chi connectivity index (χ4n) is 4.16. The molecule has 1 aliphatic heterocycles. The molecule has 1 aliphatic rings. The molecule has 0 saturated heterocycles. The number of carbonyl (C=O) groups excluding carboxylic acids is 2. The second-order valence-corrected chi connectivity index (χ2v) is 10.0. The van der Waals surface area contributed by atoms with Crippen LogP contribution in [0, 0.1) is 11.3 Å². The number of hydrogen-bond donors (Lipinski definition) is 0. The third kappa shape index (κ3) is 5.60. The van der Waals surface area contributed by atoms with Crippen LogP contribution in [0.1, 0.15) is 45.6 Å². The first-order valence-corrected chi connectivity index (χ1v) is 13.5. The van der Waals surface area contributed by atoms with Crippen molar-refractivity contribution in [2.75, 3.05) is 12.3 Å². The van der Waals surface area contributed by atoms with Gasteiger partial charge in [0.05, 0.1) is 11.4 Å². The van der Waals surface area contributed by atoms with Gasteiger partial charge in [-0.3, -0.25) is 14.5 Å². The molecule has 0 N–H and O–H groups in total. The van der Waals surface area contributed by atoms with Gasteiger partial charge >= 0.3 is 0 Å². The van der Waals surface area contributed by atoms with Crippen molar-refractivity contribution in [3.63, 3.8) is 0 Å². The molecular formula is C30H30N4O2S. The maximum atomic E-state index is 13.5. The van der Waals surface area contributed by atoms with Crippen LogP contribution in [0.25, 0.3) is 23.0 Å². The first-order chi connectivity index (χ1) is 18.0. The highest BCUT2D eigenvalue weighted by atomic mass is 32.2. The highest BCUT2D eigenvalue weighted by molar-refractivity contribution is 7.99. The normalized spacial score (nSPS) is 15.0. The summed E-state index contributed by atoms with van der Waals surface area (Å²) in [6.07, 6.45) is 6.27. The van der Waals surface area contributed by atoms with Crippen LogP contribution in [-0.4, -0.2) is 38.8 Å². The predicted octanol–water partition coefficient (Wildman–Crippen LogP) is 6.43. The Labute approximate surface area is 222 Å². The predicted molar refractivity (Wildman–Crippen MR) is 148 cm³/mol. The van der Waals surface area contributed by atoms with Gasteiger partial charge in [-0.05, 0) is 61.4 Å². The standard InChI is InChI=1S/C30H30N4O2S/c1-4-6-16-33-29(35)26(21(3)27(19-31)30(33)36)18-23-20-34(24-10-8-7-9-11-24)32-28(23)22-12-14-25(15-13-22)37-17-5-2/h7-15,18,20H,4-6,16-17H2,1-3H3/b26-18-. The van der Waals surface area contributed by atoms with Gasteiger partial charge in [-0.2, -0.15) is 10.4 Å². The molecule has 2 aromatic carbocycles. The average Bonchev–Trinajstić information content (AvgIpc) is 3.35. The highest BCUT2D eigenvalue weighted by Crippen LogP contribution is 2.32. The van der Waals surface area contributed by atoms with Crippen molar-refractivity contribution in [2.45, 2.75) is 44.9 Å². The van der Waals surface area contributed by atoms with Crippen LogP contribution in [0.15, 0.2) is 82.4 Å². The largest absolute Gasteiger partial charge is 0.274 e. The van der Waals surface area contributed by atoms with Crippen molar-refractivity contribution >= 4 is 29.7 Å². The number of aromatic nitrogens is 2. The molecule has 37 heavy (non-hydrogen) atoms. The fourth-order valence-corrected chi connectivity index (χ4v) is 4.93. The van der Waals surface area contributed by atoms with Gasteiger partial charge in [-0.1, -0.05) is 50.6 Å². The van der Waals surface area contributed by atoms with E-state index in [2.05, 4.69) is 19.1 Å². The van der Waals surface area contributed by atoms with Gasteiger partial charge in [0.1, 0.15) is 11.6 Å². The molecule has 3 aromatic rings. The Bertz CT molecular complexity index is 1400. The third-order valence-corrected chi connectivity index (χ3v) is 7.44. The van der Waals surface area contributed by atoms with E-state index in [1.807, 2.05) is 73.4 Å². The molecule has 0 bridgehead atoms. The third-order valence-electron chi connectivity index (χ3n) is 6.22. The Kier molecular flexibility index (Phi) is 8.42. The van der Waals surface area contributed by atoms with E-state index in [1.165, 1.54) is 9.80 Å². The molecule has 0 unspecified atom stereocenters. The second kappa shape index (κ2) is 11.9. The van der Waals surface area contributed by atoms with Crippen molar-refractivity contribution < 1.29 is 9.59 Å². The molecular weight excluding hydrogens is 480 g/mol. The van der Waals surface area contributed by atoms with Crippen molar-refractivity contribution in [3.8, 4) is 23.0 Å². The minimum atomic E-state index is -0.518. The summed E-state index contributed by atoms with van der Waals surface area (Å²) in [6, 6.07) is 20.1. The lowest BCUT2D eigenvalue weighted by molar-refractivity contribution is -0.140. The number of nitriles is 1. The number of carbonyl (C=O) groups is 2. The van der Waals surface area contributed by atoms with Gasteiger partial charge in [-0.25, -0.2) is 4.68 Å². The lowest BCUT2D eigenvalue weighted by atomic mass is 9.93. The van der Waals surface area contributed by atoms with E-state index in [1.54, 1.807) is 17.7 Å². The topological polar surface area (TPSA) is 79.0 Å². The summed E-state index contributed by atoms with van der Waals surface area (Å²) in [5.41, 5.74) is 4.03. The van der Waals surface area contributed by atoms with E-state index in [-0.39, 0.29) is 18.0 Å². The molecule has 0 fully saturated rings. The van der Waals surface area contributed by atoms with Crippen LogP contribution in [0.2, 0.25) is 0 Å². The molecule has 0 radical (unpaired) electrons. The van der Waals surface area contributed by atoms with E-state index in [4.69, 9.17) is 5.10 Å². The van der Waals surface area contributed by atoms with Crippen molar-refractivity contribution in [1.29, 1.82) is 5.26 Å². The zero-order valence-corrected chi connectivity index (χ0v) is 22.2. The van der Waals surface area contributed by atoms with Crippen LogP contribution in [0.4, 0.5) is 0 Å². The van der Waals surface area contributed by atoms with Crippen molar-refractivity contribution in [2.24, 2.45) is 0 Å². The lowest BCUT2D eigenvalue weighted by Crippen LogP contribution is -2.43. The molecule has 6 nitrogen and oxygen atoms in total. The van der Waals surface area contributed by atoms with E-state index in [0.717, 1.165) is 41.1 Å². The van der Waals surface area contributed by atoms with Crippen LogP contribution < -0.4 is 0 Å². The molecule has 188 valence electrons. The molecule has 0 atom stereocenters. The smallest absolute Gasteiger partial charge is 0.271 e. The molecule has 2 amide bonds. The lowest BCUT2D eigenvalue weighted by Gasteiger charge is -2.27. The Morgan fingerprint density at radius 2 is 1.73 bits per heavy atom. The van der Waals surface area contributed by atoms with Crippen LogP contribution >= 0.6 is 11.8 Å². The van der Waals surface area contributed by atoms with Crippen LogP contribution in [0.3, 0.4) is 0 Å². The second-order valence-electron chi connectivity index (χ2n) is 8.87. The van der Waals surface area contributed by atoms with Crippen LogP contribution in [-0.2, 0) is 9.59 Å². The van der Waals surface area contributed by atoms with E-state index < -0.39 is 5.91 Å².